The summed E-state index contributed by atoms with van der Waals surface area (Å²) in [5.41, 5.74) is 0.393. The summed E-state index contributed by atoms with van der Waals surface area (Å²) < 4.78 is 5.59. The van der Waals surface area contributed by atoms with E-state index < -0.39 is 0 Å². The number of carbonyl (C=O) groups is 1. The number of rotatable bonds is 2. The maximum Gasteiger partial charge on any atom is 0.357 e. The number of thiazole rings is 1. The fraction of sp³-hybridized carbons (Fsp3) is 0.556. The number of carbonyl (C=O) groups excluding carboxylic acids is 1. The van der Waals surface area contributed by atoms with Crippen LogP contribution in [-0.2, 0) is 4.74 Å². The number of ether oxygens (including phenoxy) is 1. The molecule has 1 aromatic heterocycles. The van der Waals surface area contributed by atoms with Crippen molar-refractivity contribution in [2.45, 2.75) is 29.9 Å². The Balaban J connectivity index is 2.74. The van der Waals surface area contributed by atoms with Crippen LogP contribution in [0.25, 0.3) is 0 Å². The van der Waals surface area contributed by atoms with Crippen molar-refractivity contribution in [2.24, 2.45) is 0 Å². The second-order valence-electron chi connectivity index (χ2n) is 3.70. The Morgan fingerprint density at radius 2 is 2.21 bits per heavy atom. The summed E-state index contributed by atoms with van der Waals surface area (Å²) in [6, 6.07) is 0. The minimum Gasteiger partial charge on any atom is -0.464 e. The zero-order valence-electron chi connectivity index (χ0n) is 8.66. The number of methoxy groups -OCH3 is 1. The Bertz CT molecular complexity index is 328. The summed E-state index contributed by atoms with van der Waals surface area (Å²) in [5, 5.41) is 1.72. The van der Waals surface area contributed by atoms with Crippen molar-refractivity contribution in [3.05, 3.63) is 11.1 Å². The van der Waals surface area contributed by atoms with Gasteiger partial charge in [0.05, 0.1) is 7.11 Å². The predicted octanol–water partition coefficient (Wildman–Crippen LogP) is 2.82. The van der Waals surface area contributed by atoms with E-state index in [0.717, 1.165) is 4.34 Å². The summed E-state index contributed by atoms with van der Waals surface area (Å²) >= 11 is 3.12. The third-order valence-electron chi connectivity index (χ3n) is 1.27. The molecular formula is C9H13NO2S2. The second kappa shape index (κ2) is 4.31. The van der Waals surface area contributed by atoms with Crippen molar-refractivity contribution >= 4 is 29.1 Å². The van der Waals surface area contributed by atoms with Gasteiger partial charge in [0.15, 0.2) is 10.0 Å². The maximum atomic E-state index is 11.1. The topological polar surface area (TPSA) is 39.2 Å². The molecule has 0 bridgehead atoms. The minimum atomic E-state index is -0.373. The standard InChI is InChI=1S/C9H13NO2S2/c1-9(2,3)14-8-10-6(5-13-8)7(11)12-4/h5H,1-4H3. The van der Waals surface area contributed by atoms with E-state index in [-0.39, 0.29) is 10.7 Å². The lowest BCUT2D eigenvalue weighted by atomic mass is 10.3. The molecule has 0 N–H and O–H groups in total. The van der Waals surface area contributed by atoms with Gasteiger partial charge in [0.1, 0.15) is 0 Å². The molecule has 0 unspecified atom stereocenters. The fourth-order valence-electron chi connectivity index (χ4n) is 0.764. The van der Waals surface area contributed by atoms with E-state index in [0.29, 0.717) is 5.69 Å². The average Bonchev–Trinajstić information content (AvgIpc) is 2.48. The van der Waals surface area contributed by atoms with Crippen LogP contribution in [0.3, 0.4) is 0 Å². The molecule has 3 nitrogen and oxygen atoms in total. The second-order valence-corrected chi connectivity index (χ2v) is 6.64. The van der Waals surface area contributed by atoms with Gasteiger partial charge in [-0.25, -0.2) is 9.78 Å². The quantitative estimate of drug-likeness (QED) is 0.579. The Morgan fingerprint density at radius 1 is 1.57 bits per heavy atom. The molecule has 0 saturated heterocycles. The van der Waals surface area contributed by atoms with Crippen molar-refractivity contribution in [2.75, 3.05) is 7.11 Å². The summed E-state index contributed by atoms with van der Waals surface area (Å²) in [6.45, 7) is 6.32. The SMILES string of the molecule is COC(=O)c1csc(SC(C)(C)C)n1. The van der Waals surface area contributed by atoms with E-state index in [4.69, 9.17) is 0 Å². The van der Waals surface area contributed by atoms with Gasteiger partial charge in [0.2, 0.25) is 0 Å². The molecule has 0 spiro atoms. The van der Waals surface area contributed by atoms with Crippen molar-refractivity contribution in [3.8, 4) is 0 Å². The molecule has 0 saturated carbocycles. The Kier molecular flexibility index (Phi) is 3.55. The molecule has 1 heterocycles. The van der Waals surface area contributed by atoms with Gasteiger partial charge in [0, 0.05) is 10.1 Å². The molecule has 14 heavy (non-hydrogen) atoms. The minimum absolute atomic E-state index is 0.116. The molecular weight excluding hydrogens is 218 g/mol. The van der Waals surface area contributed by atoms with Gasteiger partial charge in [-0.05, 0) is 0 Å². The summed E-state index contributed by atoms with van der Waals surface area (Å²) in [7, 11) is 1.36. The zero-order chi connectivity index (χ0) is 10.8. The van der Waals surface area contributed by atoms with Crippen LogP contribution in [0.1, 0.15) is 31.3 Å². The smallest absolute Gasteiger partial charge is 0.357 e. The van der Waals surface area contributed by atoms with Gasteiger partial charge >= 0.3 is 5.97 Å². The Morgan fingerprint density at radius 3 is 2.71 bits per heavy atom. The molecule has 0 aliphatic carbocycles. The largest absolute Gasteiger partial charge is 0.464 e. The first-order valence-electron chi connectivity index (χ1n) is 4.15. The van der Waals surface area contributed by atoms with Gasteiger partial charge < -0.3 is 4.74 Å². The van der Waals surface area contributed by atoms with Crippen LogP contribution in [-0.4, -0.2) is 22.8 Å². The van der Waals surface area contributed by atoms with Gasteiger partial charge in [-0.3, -0.25) is 0 Å². The number of hydrogen-bond acceptors (Lipinski definition) is 5. The van der Waals surface area contributed by atoms with Crippen LogP contribution >= 0.6 is 23.1 Å². The third-order valence-corrected chi connectivity index (χ3v) is 3.32. The summed E-state index contributed by atoms with van der Waals surface area (Å²) in [6.07, 6.45) is 0. The predicted molar refractivity (Wildman–Crippen MR) is 59.1 cm³/mol. The first-order chi connectivity index (χ1) is 6.42. The van der Waals surface area contributed by atoms with Crippen LogP contribution in [0.2, 0.25) is 0 Å². The molecule has 1 aromatic rings. The fourth-order valence-corrected chi connectivity index (χ4v) is 3.03. The van der Waals surface area contributed by atoms with E-state index >= 15 is 0 Å². The Labute approximate surface area is 91.9 Å². The van der Waals surface area contributed by atoms with Crippen LogP contribution in [0.5, 0.6) is 0 Å². The molecule has 0 aromatic carbocycles. The highest BCUT2D eigenvalue weighted by Crippen LogP contribution is 2.33. The van der Waals surface area contributed by atoms with Gasteiger partial charge in [-0.2, -0.15) is 0 Å². The molecule has 0 atom stereocenters. The highest BCUT2D eigenvalue weighted by atomic mass is 32.2. The van der Waals surface area contributed by atoms with Gasteiger partial charge in [-0.1, -0.05) is 32.5 Å². The van der Waals surface area contributed by atoms with Gasteiger partial charge in [-0.15, -0.1) is 11.3 Å². The van der Waals surface area contributed by atoms with Gasteiger partial charge in [0.25, 0.3) is 0 Å². The van der Waals surface area contributed by atoms with Crippen LogP contribution in [0.15, 0.2) is 9.72 Å². The molecule has 0 radical (unpaired) electrons. The van der Waals surface area contributed by atoms with Crippen LogP contribution < -0.4 is 0 Å². The first kappa shape index (κ1) is 11.5. The van der Waals surface area contributed by atoms with E-state index in [9.17, 15) is 4.79 Å². The number of hydrogen-bond donors (Lipinski definition) is 0. The Hall–Kier alpha value is -0.550. The monoisotopic (exact) mass is 231 g/mol. The highest BCUT2D eigenvalue weighted by molar-refractivity contribution is 8.02. The number of esters is 1. The highest BCUT2D eigenvalue weighted by Gasteiger charge is 2.17. The van der Waals surface area contributed by atoms with Crippen molar-refractivity contribution in [1.82, 2.24) is 4.98 Å². The number of thioether (sulfide) groups is 1. The van der Waals surface area contributed by atoms with Crippen LogP contribution in [0.4, 0.5) is 0 Å². The van der Waals surface area contributed by atoms with Crippen molar-refractivity contribution in [3.63, 3.8) is 0 Å². The molecule has 5 heteroatoms. The summed E-state index contributed by atoms with van der Waals surface area (Å²) in [4.78, 5) is 15.3. The molecule has 0 aliphatic heterocycles. The zero-order valence-corrected chi connectivity index (χ0v) is 10.3. The average molecular weight is 231 g/mol. The number of nitrogens with zero attached hydrogens (tertiary/aromatic N) is 1. The van der Waals surface area contributed by atoms with Crippen LogP contribution in [0, 0.1) is 0 Å². The van der Waals surface area contributed by atoms with E-state index in [1.54, 1.807) is 17.1 Å². The van der Waals surface area contributed by atoms with E-state index in [2.05, 4.69) is 30.5 Å². The molecule has 0 amide bonds. The third kappa shape index (κ3) is 3.31. The van der Waals surface area contributed by atoms with Crippen molar-refractivity contribution < 1.29 is 9.53 Å². The molecule has 0 fully saturated rings. The van der Waals surface area contributed by atoms with Crippen molar-refractivity contribution in [1.29, 1.82) is 0 Å². The lowest BCUT2D eigenvalue weighted by molar-refractivity contribution is 0.0594. The molecule has 1 rings (SSSR count). The van der Waals surface area contributed by atoms with E-state index in [1.807, 2.05) is 0 Å². The first-order valence-corrected chi connectivity index (χ1v) is 5.85. The van der Waals surface area contributed by atoms with E-state index in [1.165, 1.54) is 18.4 Å². The lowest BCUT2D eigenvalue weighted by Crippen LogP contribution is -2.07. The maximum absolute atomic E-state index is 11.1. The molecule has 0 aliphatic rings. The molecule has 78 valence electrons. The normalized spacial score (nSPS) is 11.4. The lowest BCUT2D eigenvalue weighted by Gasteiger charge is -2.14. The number of aromatic nitrogens is 1. The summed E-state index contributed by atoms with van der Waals surface area (Å²) in [5.74, 6) is -0.373.